The van der Waals surface area contributed by atoms with Crippen LogP contribution < -0.4 is 5.32 Å². The van der Waals surface area contributed by atoms with Crippen LogP contribution in [-0.4, -0.2) is 44.5 Å². The van der Waals surface area contributed by atoms with Gasteiger partial charge in [0.1, 0.15) is 18.2 Å². The topological polar surface area (TPSA) is 110 Å². The third-order valence-electron chi connectivity index (χ3n) is 6.07. The van der Waals surface area contributed by atoms with Gasteiger partial charge in [0.05, 0.1) is 16.3 Å². The highest BCUT2D eigenvalue weighted by atomic mass is 19.1. The van der Waals surface area contributed by atoms with Crippen LogP contribution in [0.4, 0.5) is 15.9 Å². The molecule has 9 nitrogen and oxygen atoms in total. The lowest BCUT2D eigenvalue weighted by Crippen LogP contribution is -2.38. The van der Waals surface area contributed by atoms with Crippen LogP contribution in [0.25, 0.3) is 23.0 Å². The summed E-state index contributed by atoms with van der Waals surface area (Å²) in [5, 5.41) is 18.3. The number of carbonyl (C=O) groups excluding carboxylic acids is 2. The van der Waals surface area contributed by atoms with Gasteiger partial charge in [0, 0.05) is 36.4 Å². The average molecular weight is 542 g/mol. The molecule has 0 aliphatic heterocycles. The molecule has 40 heavy (non-hydrogen) atoms. The Hall–Kier alpha value is -5.12. The van der Waals surface area contributed by atoms with Crippen LogP contribution in [0.5, 0.6) is 0 Å². The molecular formula is C30H28FN5O4. The number of aromatic nitrogens is 2. The first-order valence-corrected chi connectivity index (χ1v) is 12.8. The second-order valence-electron chi connectivity index (χ2n) is 9.01. The number of nitrogens with zero attached hydrogens (tertiary/aromatic N) is 4. The first-order chi connectivity index (χ1) is 19.3. The van der Waals surface area contributed by atoms with Crippen LogP contribution >= 0.6 is 0 Å². The Morgan fingerprint density at radius 3 is 2.40 bits per heavy atom. The molecule has 0 radical (unpaired) electrons. The monoisotopic (exact) mass is 541 g/mol. The number of nitro groups is 1. The molecule has 1 aromatic heterocycles. The number of carbonyl (C=O) groups is 2. The highest BCUT2D eigenvalue weighted by Gasteiger charge is 2.18. The zero-order valence-electron chi connectivity index (χ0n) is 21.9. The minimum Gasteiger partial charge on any atom is -0.330 e. The summed E-state index contributed by atoms with van der Waals surface area (Å²) in [6.45, 7) is 2.17. The zero-order valence-corrected chi connectivity index (χ0v) is 21.9. The van der Waals surface area contributed by atoms with E-state index in [1.54, 1.807) is 36.4 Å². The lowest BCUT2D eigenvalue weighted by molar-refractivity contribution is -0.384. The van der Waals surface area contributed by atoms with Crippen molar-refractivity contribution in [3.8, 4) is 16.9 Å². The SMILES string of the molecule is CCCCN(CC(=O)Nc1cc(-c2ccccc2)nn1-c1ccc(F)cc1)C(=O)/C=C/c1ccc([N+](=O)[O-])cc1. The Balaban J connectivity index is 1.52. The molecule has 3 aromatic carbocycles. The Morgan fingerprint density at radius 2 is 1.75 bits per heavy atom. The van der Waals surface area contributed by atoms with Gasteiger partial charge < -0.3 is 10.2 Å². The molecule has 10 heteroatoms. The summed E-state index contributed by atoms with van der Waals surface area (Å²) >= 11 is 0. The fourth-order valence-electron chi connectivity index (χ4n) is 3.95. The van der Waals surface area contributed by atoms with Crippen molar-refractivity contribution < 1.29 is 18.9 Å². The fourth-order valence-corrected chi connectivity index (χ4v) is 3.95. The van der Waals surface area contributed by atoms with Gasteiger partial charge in [0.15, 0.2) is 0 Å². The van der Waals surface area contributed by atoms with Gasteiger partial charge in [0.2, 0.25) is 11.8 Å². The Labute approximate surface area is 230 Å². The van der Waals surface area contributed by atoms with Crippen LogP contribution in [-0.2, 0) is 9.59 Å². The fraction of sp³-hybridized carbons (Fsp3) is 0.167. The molecule has 0 unspecified atom stereocenters. The first-order valence-electron chi connectivity index (χ1n) is 12.8. The molecule has 4 aromatic rings. The molecule has 0 fully saturated rings. The second-order valence-corrected chi connectivity index (χ2v) is 9.01. The number of halogens is 1. The van der Waals surface area contributed by atoms with E-state index in [2.05, 4.69) is 10.4 Å². The zero-order chi connectivity index (χ0) is 28.5. The summed E-state index contributed by atoms with van der Waals surface area (Å²) in [6.07, 6.45) is 4.43. The van der Waals surface area contributed by atoms with E-state index in [1.807, 2.05) is 37.3 Å². The van der Waals surface area contributed by atoms with Crippen molar-refractivity contribution in [3.63, 3.8) is 0 Å². The van der Waals surface area contributed by atoms with Gasteiger partial charge in [-0.05, 0) is 54.5 Å². The van der Waals surface area contributed by atoms with Gasteiger partial charge in [-0.15, -0.1) is 0 Å². The largest absolute Gasteiger partial charge is 0.330 e. The Bertz CT molecular complexity index is 1500. The summed E-state index contributed by atoms with van der Waals surface area (Å²) in [5.41, 5.74) is 2.60. The maximum Gasteiger partial charge on any atom is 0.269 e. The number of amides is 2. The molecule has 2 amide bonds. The van der Waals surface area contributed by atoms with Crippen molar-refractivity contribution in [2.75, 3.05) is 18.4 Å². The Morgan fingerprint density at radius 1 is 1.05 bits per heavy atom. The van der Waals surface area contributed by atoms with Gasteiger partial charge in [-0.1, -0.05) is 43.7 Å². The van der Waals surface area contributed by atoms with E-state index >= 15 is 0 Å². The summed E-state index contributed by atoms with van der Waals surface area (Å²) in [6, 6.07) is 22.7. The number of rotatable bonds is 11. The Kier molecular flexibility index (Phi) is 9.14. The number of benzene rings is 3. The summed E-state index contributed by atoms with van der Waals surface area (Å²) in [7, 11) is 0. The standard InChI is InChI=1S/C30H28FN5O4/c1-2-3-19-34(30(38)18-11-22-9-14-26(15-10-22)36(39)40)21-29(37)32-28-20-27(23-7-5-4-6-8-23)33-35(28)25-16-12-24(31)13-17-25/h4-18,20H,2-3,19,21H2,1H3,(H,32,37)/b18-11+. The van der Waals surface area contributed by atoms with Crippen LogP contribution in [0, 0.1) is 15.9 Å². The predicted octanol–water partition coefficient (Wildman–Crippen LogP) is 5.87. The highest BCUT2D eigenvalue weighted by Crippen LogP contribution is 2.25. The van der Waals surface area contributed by atoms with Gasteiger partial charge in [-0.2, -0.15) is 5.10 Å². The minimum atomic E-state index is -0.491. The van der Waals surface area contributed by atoms with E-state index in [0.29, 0.717) is 35.7 Å². The van der Waals surface area contributed by atoms with Crippen LogP contribution in [0.1, 0.15) is 25.3 Å². The molecule has 0 saturated carbocycles. The lowest BCUT2D eigenvalue weighted by Gasteiger charge is -2.20. The van der Waals surface area contributed by atoms with E-state index in [-0.39, 0.29) is 18.1 Å². The molecule has 0 saturated heterocycles. The van der Waals surface area contributed by atoms with Crippen molar-refractivity contribution in [1.82, 2.24) is 14.7 Å². The smallest absolute Gasteiger partial charge is 0.269 e. The molecule has 204 valence electrons. The van der Waals surface area contributed by atoms with E-state index in [9.17, 15) is 24.1 Å². The average Bonchev–Trinajstić information content (AvgIpc) is 3.38. The van der Waals surface area contributed by atoms with E-state index in [4.69, 9.17) is 0 Å². The molecule has 0 aliphatic rings. The van der Waals surface area contributed by atoms with Gasteiger partial charge >= 0.3 is 0 Å². The number of hydrogen-bond donors (Lipinski definition) is 1. The number of hydrogen-bond acceptors (Lipinski definition) is 5. The molecule has 0 atom stereocenters. The van der Waals surface area contributed by atoms with Crippen molar-refractivity contribution in [3.05, 3.63) is 113 Å². The van der Waals surface area contributed by atoms with Crippen molar-refractivity contribution >= 4 is 29.4 Å². The molecule has 1 N–H and O–H groups in total. The molecule has 4 rings (SSSR count). The highest BCUT2D eigenvalue weighted by molar-refractivity contribution is 5.98. The van der Waals surface area contributed by atoms with Crippen LogP contribution in [0.15, 0.2) is 91.0 Å². The number of nitrogens with one attached hydrogen (secondary N) is 1. The summed E-state index contributed by atoms with van der Waals surface area (Å²) in [5.74, 6) is -0.800. The van der Waals surface area contributed by atoms with Crippen molar-refractivity contribution in [1.29, 1.82) is 0 Å². The number of anilines is 1. The molecule has 0 aliphatic carbocycles. The van der Waals surface area contributed by atoms with Crippen molar-refractivity contribution in [2.45, 2.75) is 19.8 Å². The predicted molar refractivity (Wildman–Crippen MR) is 151 cm³/mol. The number of non-ortho nitro benzene ring substituents is 1. The second kappa shape index (κ2) is 13.1. The number of nitro benzene ring substituents is 1. The third kappa shape index (κ3) is 7.25. The van der Waals surface area contributed by atoms with Crippen molar-refractivity contribution in [2.24, 2.45) is 0 Å². The number of unbranched alkanes of at least 4 members (excludes halogenated alkanes) is 1. The molecular weight excluding hydrogens is 513 g/mol. The minimum absolute atomic E-state index is 0.0416. The maximum atomic E-state index is 13.6. The van der Waals surface area contributed by atoms with Gasteiger partial charge in [-0.25, -0.2) is 9.07 Å². The first kappa shape index (κ1) is 27.9. The molecule has 0 spiro atoms. The quantitative estimate of drug-likeness (QED) is 0.145. The molecule has 0 bridgehead atoms. The van der Waals surface area contributed by atoms with E-state index in [1.165, 1.54) is 39.9 Å². The van der Waals surface area contributed by atoms with Crippen LogP contribution in [0.3, 0.4) is 0 Å². The normalized spacial score (nSPS) is 10.9. The maximum absolute atomic E-state index is 13.6. The summed E-state index contributed by atoms with van der Waals surface area (Å²) in [4.78, 5) is 38.0. The third-order valence-corrected chi connectivity index (χ3v) is 6.07. The van der Waals surface area contributed by atoms with E-state index < -0.39 is 16.6 Å². The molecule has 1 heterocycles. The van der Waals surface area contributed by atoms with E-state index in [0.717, 1.165) is 12.0 Å². The van der Waals surface area contributed by atoms with Gasteiger partial charge in [0.25, 0.3) is 5.69 Å². The van der Waals surface area contributed by atoms with Gasteiger partial charge in [-0.3, -0.25) is 19.7 Å². The summed E-state index contributed by atoms with van der Waals surface area (Å²) < 4.78 is 15.1. The lowest BCUT2D eigenvalue weighted by atomic mass is 10.1. The van der Waals surface area contributed by atoms with Crippen LogP contribution in [0.2, 0.25) is 0 Å².